The van der Waals surface area contributed by atoms with Gasteiger partial charge in [-0.3, -0.25) is 0 Å². The number of nitrogens with two attached hydrogens (primary N) is 1. The van der Waals surface area contributed by atoms with Crippen LogP contribution in [0.1, 0.15) is 36.8 Å². The second-order valence-electron chi connectivity index (χ2n) is 4.84. The van der Waals surface area contributed by atoms with E-state index in [1.165, 1.54) is 43.2 Å². The van der Waals surface area contributed by atoms with E-state index >= 15 is 0 Å². The maximum Gasteiger partial charge on any atom is 0.0444 e. The first-order valence-corrected chi connectivity index (χ1v) is 5.68. The summed E-state index contributed by atoms with van der Waals surface area (Å²) in [6.45, 7) is 0. The second-order valence-corrected chi connectivity index (χ2v) is 4.84. The Labute approximate surface area is 85.3 Å². The van der Waals surface area contributed by atoms with Gasteiger partial charge in [0, 0.05) is 5.54 Å². The zero-order valence-electron chi connectivity index (χ0n) is 8.50. The third kappa shape index (κ3) is 0.992. The Bertz CT molecular complexity index is 358. The summed E-state index contributed by atoms with van der Waals surface area (Å²) in [5, 5.41) is 0. The predicted octanol–water partition coefficient (Wildman–Crippen LogP) is 2.59. The van der Waals surface area contributed by atoms with Crippen molar-refractivity contribution in [3.8, 4) is 0 Å². The third-order valence-corrected chi connectivity index (χ3v) is 4.11. The Hall–Kier alpha value is -0.820. The van der Waals surface area contributed by atoms with Crippen LogP contribution in [0.3, 0.4) is 0 Å². The van der Waals surface area contributed by atoms with E-state index in [1.807, 2.05) is 0 Å². The first-order valence-electron chi connectivity index (χ1n) is 5.68. The van der Waals surface area contributed by atoms with Crippen molar-refractivity contribution in [3.63, 3.8) is 0 Å². The van der Waals surface area contributed by atoms with Crippen molar-refractivity contribution in [1.82, 2.24) is 0 Å². The number of fused-ring (bicyclic) bond motifs is 3. The van der Waals surface area contributed by atoms with Crippen LogP contribution in [0.2, 0.25) is 0 Å². The minimum Gasteiger partial charge on any atom is -0.321 e. The average Bonchev–Trinajstić information content (AvgIpc) is 2.51. The molecule has 74 valence electrons. The average molecular weight is 187 g/mol. The lowest BCUT2D eigenvalue weighted by atomic mass is 9.73. The standard InChI is InChI=1S/C13H17N/c14-13-8-4-3-6-11(13)9-10-5-1-2-7-12(10)13/h1-2,5,7,11H,3-4,6,8-9,14H2/t11-,13+/m1/s1. The molecule has 0 amide bonds. The maximum atomic E-state index is 6.58. The van der Waals surface area contributed by atoms with Gasteiger partial charge in [-0.2, -0.15) is 0 Å². The molecule has 0 bridgehead atoms. The van der Waals surface area contributed by atoms with Crippen molar-refractivity contribution in [2.24, 2.45) is 11.7 Å². The van der Waals surface area contributed by atoms with Crippen LogP contribution in [0.4, 0.5) is 0 Å². The first-order chi connectivity index (χ1) is 6.81. The molecule has 0 aliphatic heterocycles. The minimum absolute atomic E-state index is 0.0227. The molecule has 1 fully saturated rings. The molecule has 1 saturated carbocycles. The van der Waals surface area contributed by atoms with Crippen LogP contribution in [0.15, 0.2) is 24.3 Å². The highest BCUT2D eigenvalue weighted by Crippen LogP contribution is 2.47. The van der Waals surface area contributed by atoms with Crippen LogP contribution in [-0.2, 0) is 12.0 Å². The summed E-state index contributed by atoms with van der Waals surface area (Å²) in [4.78, 5) is 0. The molecule has 3 rings (SSSR count). The fraction of sp³-hybridized carbons (Fsp3) is 0.538. The van der Waals surface area contributed by atoms with Crippen LogP contribution in [-0.4, -0.2) is 0 Å². The van der Waals surface area contributed by atoms with Crippen LogP contribution in [0, 0.1) is 5.92 Å². The largest absolute Gasteiger partial charge is 0.321 e. The zero-order chi connectivity index (χ0) is 9.60. The van der Waals surface area contributed by atoms with E-state index in [-0.39, 0.29) is 5.54 Å². The van der Waals surface area contributed by atoms with Crippen LogP contribution in [0.25, 0.3) is 0 Å². The molecule has 0 unspecified atom stereocenters. The lowest BCUT2D eigenvalue weighted by Crippen LogP contribution is -2.43. The first kappa shape index (κ1) is 8.49. The Balaban J connectivity index is 2.10. The minimum atomic E-state index is 0.0227. The van der Waals surface area contributed by atoms with Gasteiger partial charge in [-0.1, -0.05) is 37.1 Å². The Morgan fingerprint density at radius 1 is 1.21 bits per heavy atom. The summed E-state index contributed by atoms with van der Waals surface area (Å²) >= 11 is 0. The Kier molecular flexibility index (Phi) is 1.72. The van der Waals surface area contributed by atoms with E-state index in [9.17, 15) is 0 Å². The highest BCUT2D eigenvalue weighted by Gasteiger charge is 2.44. The molecule has 2 aliphatic rings. The van der Waals surface area contributed by atoms with Crippen LogP contribution < -0.4 is 5.73 Å². The molecule has 1 heteroatoms. The van der Waals surface area contributed by atoms with Gasteiger partial charge in [0.15, 0.2) is 0 Å². The highest BCUT2D eigenvalue weighted by atomic mass is 14.8. The molecule has 0 aromatic heterocycles. The fourth-order valence-corrected chi connectivity index (χ4v) is 3.33. The molecule has 0 spiro atoms. The van der Waals surface area contributed by atoms with Gasteiger partial charge in [0.05, 0.1) is 0 Å². The Morgan fingerprint density at radius 2 is 2.07 bits per heavy atom. The van der Waals surface area contributed by atoms with Gasteiger partial charge in [0.25, 0.3) is 0 Å². The van der Waals surface area contributed by atoms with Gasteiger partial charge < -0.3 is 5.73 Å². The molecule has 2 atom stereocenters. The van der Waals surface area contributed by atoms with Gasteiger partial charge in [-0.15, -0.1) is 0 Å². The van der Waals surface area contributed by atoms with Crippen molar-refractivity contribution in [1.29, 1.82) is 0 Å². The summed E-state index contributed by atoms with van der Waals surface area (Å²) in [5.41, 5.74) is 9.54. The van der Waals surface area contributed by atoms with E-state index in [0.29, 0.717) is 5.92 Å². The molecule has 14 heavy (non-hydrogen) atoms. The summed E-state index contributed by atoms with van der Waals surface area (Å²) in [5.74, 6) is 0.716. The van der Waals surface area contributed by atoms with Gasteiger partial charge in [-0.25, -0.2) is 0 Å². The zero-order valence-corrected chi connectivity index (χ0v) is 8.50. The van der Waals surface area contributed by atoms with Crippen molar-refractivity contribution >= 4 is 0 Å². The topological polar surface area (TPSA) is 26.0 Å². The summed E-state index contributed by atoms with van der Waals surface area (Å²) < 4.78 is 0. The van der Waals surface area contributed by atoms with Crippen LogP contribution in [0.5, 0.6) is 0 Å². The van der Waals surface area contributed by atoms with E-state index in [0.717, 1.165) is 0 Å². The molecule has 0 radical (unpaired) electrons. The SMILES string of the molecule is N[C@@]12CCCC[C@@H]1Cc1ccccc12. The van der Waals surface area contributed by atoms with Crippen molar-refractivity contribution in [2.75, 3.05) is 0 Å². The molecule has 2 N–H and O–H groups in total. The Morgan fingerprint density at radius 3 is 3.00 bits per heavy atom. The van der Waals surface area contributed by atoms with Gasteiger partial charge in [-0.05, 0) is 36.3 Å². The van der Waals surface area contributed by atoms with Gasteiger partial charge in [0.2, 0.25) is 0 Å². The van der Waals surface area contributed by atoms with E-state index in [1.54, 1.807) is 0 Å². The number of hydrogen-bond acceptors (Lipinski definition) is 1. The molecule has 1 nitrogen and oxygen atoms in total. The monoisotopic (exact) mass is 187 g/mol. The lowest BCUT2D eigenvalue weighted by Gasteiger charge is -2.36. The molecule has 0 heterocycles. The lowest BCUT2D eigenvalue weighted by molar-refractivity contribution is 0.212. The summed E-state index contributed by atoms with van der Waals surface area (Å²) in [7, 11) is 0. The molecular weight excluding hydrogens is 170 g/mol. The van der Waals surface area contributed by atoms with Crippen LogP contribution >= 0.6 is 0 Å². The van der Waals surface area contributed by atoms with E-state index in [4.69, 9.17) is 5.73 Å². The van der Waals surface area contributed by atoms with Crippen molar-refractivity contribution in [2.45, 2.75) is 37.6 Å². The molecule has 1 aromatic carbocycles. The molecule has 1 aromatic rings. The van der Waals surface area contributed by atoms with Crippen molar-refractivity contribution < 1.29 is 0 Å². The molecular formula is C13H17N. The van der Waals surface area contributed by atoms with Gasteiger partial charge in [0.1, 0.15) is 0 Å². The van der Waals surface area contributed by atoms with E-state index in [2.05, 4.69) is 24.3 Å². The number of rotatable bonds is 0. The number of hydrogen-bond donors (Lipinski definition) is 1. The molecule has 2 aliphatic carbocycles. The smallest absolute Gasteiger partial charge is 0.0444 e. The molecule has 0 saturated heterocycles. The highest BCUT2D eigenvalue weighted by molar-refractivity contribution is 5.40. The second kappa shape index (κ2) is 2.83. The predicted molar refractivity (Wildman–Crippen MR) is 58.0 cm³/mol. The summed E-state index contributed by atoms with van der Waals surface area (Å²) in [6, 6.07) is 8.76. The normalized spacial score (nSPS) is 35.1. The maximum absolute atomic E-state index is 6.58. The third-order valence-electron chi connectivity index (χ3n) is 4.11. The fourth-order valence-electron chi connectivity index (χ4n) is 3.33. The van der Waals surface area contributed by atoms with E-state index < -0.39 is 0 Å². The quantitative estimate of drug-likeness (QED) is 0.663. The summed E-state index contributed by atoms with van der Waals surface area (Å²) in [6.07, 6.45) is 6.41. The number of benzene rings is 1. The van der Waals surface area contributed by atoms with Gasteiger partial charge >= 0.3 is 0 Å². The van der Waals surface area contributed by atoms with Crippen molar-refractivity contribution in [3.05, 3.63) is 35.4 Å².